The summed E-state index contributed by atoms with van der Waals surface area (Å²) in [4.78, 5) is 12.1. The van der Waals surface area contributed by atoms with E-state index in [1.54, 1.807) is 7.11 Å². The van der Waals surface area contributed by atoms with E-state index in [1.807, 2.05) is 51.1 Å². The van der Waals surface area contributed by atoms with Crippen molar-refractivity contribution in [2.75, 3.05) is 20.3 Å². The maximum absolute atomic E-state index is 12.1. The van der Waals surface area contributed by atoms with Crippen LogP contribution in [-0.2, 0) is 4.74 Å². The molecule has 0 unspecified atom stereocenters. The van der Waals surface area contributed by atoms with E-state index in [0.717, 1.165) is 22.5 Å². The fourth-order valence-corrected chi connectivity index (χ4v) is 2.72. The van der Waals surface area contributed by atoms with E-state index in [-0.39, 0.29) is 12.6 Å². The highest BCUT2D eigenvalue weighted by atomic mass is 16.5. The van der Waals surface area contributed by atoms with Crippen molar-refractivity contribution < 1.29 is 19.1 Å². The molecule has 6 heteroatoms. The summed E-state index contributed by atoms with van der Waals surface area (Å²) in [6.07, 6.45) is -0.768. The zero-order valence-electron chi connectivity index (χ0n) is 15.1. The van der Waals surface area contributed by atoms with Gasteiger partial charge in [0.15, 0.2) is 0 Å². The van der Waals surface area contributed by atoms with Crippen LogP contribution in [-0.4, -0.2) is 31.4 Å². The first kappa shape index (κ1) is 19.0. The molecule has 0 radical (unpaired) electrons. The van der Waals surface area contributed by atoms with E-state index in [1.165, 1.54) is 0 Å². The predicted octanol–water partition coefficient (Wildman–Crippen LogP) is 2.93. The van der Waals surface area contributed by atoms with Crippen LogP contribution in [0.25, 0.3) is 0 Å². The number of methoxy groups -OCH3 is 1. The van der Waals surface area contributed by atoms with Crippen LogP contribution < -0.4 is 10.6 Å². The number of benzene rings is 1. The van der Waals surface area contributed by atoms with Crippen LogP contribution in [0.4, 0.5) is 4.79 Å². The quantitative estimate of drug-likeness (QED) is 0.720. The van der Waals surface area contributed by atoms with Gasteiger partial charge in [-0.25, -0.2) is 4.79 Å². The first-order valence-corrected chi connectivity index (χ1v) is 8.25. The molecule has 2 atom stereocenters. The molecule has 25 heavy (non-hydrogen) atoms. The van der Waals surface area contributed by atoms with E-state index in [9.17, 15) is 9.90 Å². The van der Waals surface area contributed by atoms with Crippen LogP contribution >= 0.6 is 0 Å². The fourth-order valence-electron chi connectivity index (χ4n) is 2.72. The maximum Gasteiger partial charge on any atom is 0.315 e. The number of urea groups is 1. The minimum Gasteiger partial charge on any atom is -0.464 e. The van der Waals surface area contributed by atoms with E-state index >= 15 is 0 Å². The molecule has 0 saturated heterocycles. The number of ether oxygens (including phenoxy) is 1. The number of carbonyl (C=O) groups is 1. The van der Waals surface area contributed by atoms with Gasteiger partial charge in [0, 0.05) is 13.7 Å². The van der Waals surface area contributed by atoms with Crippen molar-refractivity contribution in [3.8, 4) is 0 Å². The van der Waals surface area contributed by atoms with Gasteiger partial charge in [-0.15, -0.1) is 0 Å². The third-order valence-corrected chi connectivity index (χ3v) is 3.83. The van der Waals surface area contributed by atoms with E-state index in [2.05, 4.69) is 10.6 Å². The lowest BCUT2D eigenvalue weighted by atomic mass is 10.0. The molecule has 0 aliphatic rings. The number of amides is 2. The van der Waals surface area contributed by atoms with Gasteiger partial charge in [-0.3, -0.25) is 0 Å². The van der Waals surface area contributed by atoms with E-state index < -0.39 is 12.1 Å². The Bertz CT molecular complexity index is 691. The van der Waals surface area contributed by atoms with Gasteiger partial charge in [0.1, 0.15) is 17.6 Å². The molecule has 1 aromatic carbocycles. The lowest BCUT2D eigenvalue weighted by molar-refractivity contribution is 0.152. The molecule has 136 valence electrons. The van der Waals surface area contributed by atoms with Crippen molar-refractivity contribution in [3.63, 3.8) is 0 Å². The number of aliphatic hydroxyl groups excluding tert-OH is 1. The summed E-state index contributed by atoms with van der Waals surface area (Å²) in [5.41, 5.74) is 2.94. The summed E-state index contributed by atoms with van der Waals surface area (Å²) < 4.78 is 10.7. The topological polar surface area (TPSA) is 83.7 Å². The zero-order chi connectivity index (χ0) is 18.4. The van der Waals surface area contributed by atoms with Crippen LogP contribution in [0.15, 0.2) is 34.7 Å². The normalized spacial score (nSPS) is 13.3. The first-order chi connectivity index (χ1) is 11.9. The minimum atomic E-state index is -0.768. The summed E-state index contributed by atoms with van der Waals surface area (Å²) in [5, 5.41) is 15.8. The number of aryl methyl sites for hydroxylation is 3. The fraction of sp³-hybridized carbons (Fsp3) is 0.421. The monoisotopic (exact) mass is 346 g/mol. The van der Waals surface area contributed by atoms with Gasteiger partial charge < -0.3 is 24.9 Å². The van der Waals surface area contributed by atoms with Crippen LogP contribution in [0.1, 0.15) is 40.4 Å². The Kier molecular flexibility index (Phi) is 6.61. The Morgan fingerprint density at radius 1 is 1.20 bits per heavy atom. The summed E-state index contributed by atoms with van der Waals surface area (Å²) >= 11 is 0. The molecule has 1 aromatic heterocycles. The number of rotatable bonds is 7. The Balaban J connectivity index is 1.92. The van der Waals surface area contributed by atoms with Gasteiger partial charge >= 0.3 is 6.03 Å². The smallest absolute Gasteiger partial charge is 0.315 e. The molecule has 2 amide bonds. The van der Waals surface area contributed by atoms with Crippen molar-refractivity contribution >= 4 is 6.03 Å². The molecule has 0 spiro atoms. The second-order valence-corrected chi connectivity index (χ2v) is 6.25. The van der Waals surface area contributed by atoms with Gasteiger partial charge in [-0.05, 0) is 38.5 Å². The van der Waals surface area contributed by atoms with E-state index in [0.29, 0.717) is 12.4 Å². The van der Waals surface area contributed by atoms with Gasteiger partial charge in [-0.1, -0.05) is 29.3 Å². The van der Waals surface area contributed by atoms with Crippen LogP contribution in [0.5, 0.6) is 0 Å². The number of hydrogen-bond donors (Lipinski definition) is 3. The number of aliphatic hydroxyl groups is 1. The van der Waals surface area contributed by atoms with Crippen LogP contribution in [0, 0.1) is 20.8 Å². The number of furan rings is 1. The van der Waals surface area contributed by atoms with Crippen LogP contribution in [0.2, 0.25) is 0 Å². The summed E-state index contributed by atoms with van der Waals surface area (Å²) in [5.74, 6) is 1.40. The van der Waals surface area contributed by atoms with Crippen molar-refractivity contribution in [1.82, 2.24) is 10.6 Å². The molecule has 6 nitrogen and oxygen atoms in total. The van der Waals surface area contributed by atoms with Gasteiger partial charge in [0.2, 0.25) is 0 Å². The van der Waals surface area contributed by atoms with Crippen molar-refractivity contribution in [2.45, 2.75) is 32.9 Å². The maximum atomic E-state index is 12.1. The zero-order valence-corrected chi connectivity index (χ0v) is 15.1. The van der Waals surface area contributed by atoms with Gasteiger partial charge in [-0.2, -0.15) is 0 Å². The lowest BCUT2D eigenvalue weighted by Gasteiger charge is -2.18. The molecule has 0 saturated carbocycles. The SMILES string of the molecule is COC[C@H](NC(=O)NC[C@@H](O)c1cc(C)cc(C)c1)c1ccc(C)o1. The van der Waals surface area contributed by atoms with Crippen LogP contribution in [0.3, 0.4) is 0 Å². The summed E-state index contributed by atoms with van der Waals surface area (Å²) in [6, 6.07) is 8.73. The molecule has 0 aliphatic carbocycles. The van der Waals surface area contributed by atoms with E-state index in [4.69, 9.17) is 9.15 Å². The average molecular weight is 346 g/mol. The molecule has 0 fully saturated rings. The highest BCUT2D eigenvalue weighted by Crippen LogP contribution is 2.18. The highest BCUT2D eigenvalue weighted by Gasteiger charge is 2.18. The molecular weight excluding hydrogens is 320 g/mol. The molecule has 1 heterocycles. The highest BCUT2D eigenvalue weighted by molar-refractivity contribution is 5.74. The number of hydrogen-bond acceptors (Lipinski definition) is 4. The Morgan fingerprint density at radius 2 is 1.88 bits per heavy atom. The summed E-state index contributed by atoms with van der Waals surface area (Å²) in [7, 11) is 1.56. The van der Waals surface area contributed by atoms with Crippen molar-refractivity contribution in [3.05, 3.63) is 58.5 Å². The average Bonchev–Trinajstić information content (AvgIpc) is 2.97. The minimum absolute atomic E-state index is 0.117. The van der Waals surface area contributed by atoms with Crippen molar-refractivity contribution in [1.29, 1.82) is 0 Å². The second kappa shape index (κ2) is 8.69. The van der Waals surface area contributed by atoms with Gasteiger partial charge in [0.25, 0.3) is 0 Å². The van der Waals surface area contributed by atoms with Gasteiger partial charge in [0.05, 0.1) is 12.7 Å². The molecular formula is C19H26N2O4. The molecule has 3 N–H and O–H groups in total. The Labute approximate surface area is 148 Å². The molecule has 0 aliphatic heterocycles. The standard InChI is InChI=1S/C19H26N2O4/c1-12-7-13(2)9-15(8-12)17(22)10-20-19(23)21-16(11-24-4)18-6-5-14(3)25-18/h5-9,16-17,22H,10-11H2,1-4H3,(H2,20,21,23)/t16-,17+/m0/s1. The Morgan fingerprint density at radius 3 is 2.44 bits per heavy atom. The number of nitrogens with one attached hydrogen (secondary N) is 2. The molecule has 0 bridgehead atoms. The third kappa shape index (κ3) is 5.62. The number of carbonyl (C=O) groups excluding carboxylic acids is 1. The predicted molar refractivity (Wildman–Crippen MR) is 95.5 cm³/mol. The largest absolute Gasteiger partial charge is 0.464 e. The molecule has 2 aromatic rings. The summed E-state index contributed by atoms with van der Waals surface area (Å²) in [6.45, 7) is 6.20. The Hall–Kier alpha value is -2.31. The lowest BCUT2D eigenvalue weighted by Crippen LogP contribution is -2.41. The van der Waals surface area contributed by atoms with Crippen molar-refractivity contribution in [2.24, 2.45) is 0 Å². The second-order valence-electron chi connectivity index (χ2n) is 6.25. The first-order valence-electron chi connectivity index (χ1n) is 8.25. The molecule has 2 rings (SSSR count). The third-order valence-electron chi connectivity index (χ3n) is 3.83.